The molecule has 1 aliphatic heterocycles. The Kier molecular flexibility index (Phi) is 4.56. The van der Waals surface area contributed by atoms with Crippen molar-refractivity contribution in [3.63, 3.8) is 0 Å². The van der Waals surface area contributed by atoms with Gasteiger partial charge in [0.15, 0.2) is 0 Å². The van der Waals surface area contributed by atoms with E-state index in [0.29, 0.717) is 37.6 Å². The highest BCUT2D eigenvalue weighted by Gasteiger charge is 2.31. The predicted octanol–water partition coefficient (Wildman–Crippen LogP) is 0.00500. The molecule has 1 fully saturated rings. The molecular weight excluding hydrogens is 262 g/mol. The van der Waals surface area contributed by atoms with Gasteiger partial charge in [-0.1, -0.05) is 6.92 Å². The first-order valence-electron chi connectivity index (χ1n) is 6.86. The average Bonchev–Trinajstić information content (AvgIpc) is 2.77. The number of rotatable bonds is 5. The number of β-amino-alcohol motifs (C(OH)–C–C–N with tert-alkyl or cyclic N) is 1. The van der Waals surface area contributed by atoms with Crippen molar-refractivity contribution in [3.05, 3.63) is 15.8 Å². The summed E-state index contributed by atoms with van der Waals surface area (Å²) in [6, 6.07) is 0. The standard InChI is InChI=1S/C12H21N5O3/c1-3-10-11(17(19)20)12(14(2)13-10)16-6-4-15(5-7-16)8-9-18/h18H,3-9H2,1-2H3. The van der Waals surface area contributed by atoms with E-state index in [1.807, 2.05) is 11.8 Å². The third-order valence-electron chi connectivity index (χ3n) is 3.67. The van der Waals surface area contributed by atoms with Crippen molar-refractivity contribution in [1.29, 1.82) is 0 Å². The summed E-state index contributed by atoms with van der Waals surface area (Å²) in [6.07, 6.45) is 0.550. The molecule has 0 amide bonds. The Morgan fingerprint density at radius 1 is 1.35 bits per heavy atom. The molecule has 8 nitrogen and oxygen atoms in total. The summed E-state index contributed by atoms with van der Waals surface area (Å²) in [5.41, 5.74) is 0.663. The summed E-state index contributed by atoms with van der Waals surface area (Å²) < 4.78 is 1.61. The zero-order chi connectivity index (χ0) is 14.7. The minimum Gasteiger partial charge on any atom is -0.395 e. The minimum absolute atomic E-state index is 0.130. The number of hydrogen-bond donors (Lipinski definition) is 1. The van der Waals surface area contributed by atoms with Crippen LogP contribution in [-0.4, -0.2) is 64.0 Å². The number of nitro groups is 1. The van der Waals surface area contributed by atoms with Crippen LogP contribution < -0.4 is 4.90 Å². The van der Waals surface area contributed by atoms with E-state index in [4.69, 9.17) is 5.11 Å². The second-order valence-corrected chi connectivity index (χ2v) is 4.91. The van der Waals surface area contributed by atoms with Gasteiger partial charge in [-0.05, 0) is 6.42 Å². The van der Waals surface area contributed by atoms with Gasteiger partial charge in [0.25, 0.3) is 0 Å². The highest BCUT2D eigenvalue weighted by atomic mass is 16.6. The Hall–Kier alpha value is -1.67. The van der Waals surface area contributed by atoms with E-state index in [9.17, 15) is 10.1 Å². The zero-order valence-corrected chi connectivity index (χ0v) is 11.9. The number of nitrogens with zero attached hydrogens (tertiary/aromatic N) is 5. The highest BCUT2D eigenvalue weighted by molar-refractivity contribution is 5.61. The normalized spacial score (nSPS) is 16.6. The van der Waals surface area contributed by atoms with Crippen LogP contribution >= 0.6 is 0 Å². The van der Waals surface area contributed by atoms with Crippen molar-refractivity contribution in [2.45, 2.75) is 13.3 Å². The molecule has 0 radical (unpaired) electrons. The van der Waals surface area contributed by atoms with Gasteiger partial charge in [-0.15, -0.1) is 0 Å². The van der Waals surface area contributed by atoms with Crippen LogP contribution in [0.15, 0.2) is 0 Å². The van der Waals surface area contributed by atoms with Gasteiger partial charge in [0, 0.05) is 39.8 Å². The Morgan fingerprint density at radius 3 is 2.50 bits per heavy atom. The molecule has 2 rings (SSSR count). The number of aliphatic hydroxyl groups excluding tert-OH is 1. The first-order valence-corrected chi connectivity index (χ1v) is 6.86. The summed E-state index contributed by atoms with van der Waals surface area (Å²) in [5, 5.41) is 24.5. The van der Waals surface area contributed by atoms with Crippen molar-refractivity contribution < 1.29 is 10.0 Å². The van der Waals surface area contributed by atoms with Gasteiger partial charge in [-0.3, -0.25) is 15.0 Å². The molecule has 0 spiro atoms. The van der Waals surface area contributed by atoms with Gasteiger partial charge >= 0.3 is 5.69 Å². The van der Waals surface area contributed by atoms with Crippen LogP contribution in [0.3, 0.4) is 0 Å². The molecule has 20 heavy (non-hydrogen) atoms. The van der Waals surface area contributed by atoms with E-state index in [0.717, 1.165) is 13.1 Å². The lowest BCUT2D eigenvalue weighted by molar-refractivity contribution is -0.384. The monoisotopic (exact) mass is 283 g/mol. The largest absolute Gasteiger partial charge is 0.395 e. The molecular formula is C12H21N5O3. The molecule has 1 aromatic rings. The molecule has 0 atom stereocenters. The maximum absolute atomic E-state index is 11.3. The third-order valence-corrected chi connectivity index (χ3v) is 3.67. The highest BCUT2D eigenvalue weighted by Crippen LogP contribution is 2.32. The minimum atomic E-state index is -0.332. The molecule has 112 valence electrons. The number of hydrogen-bond acceptors (Lipinski definition) is 6. The molecule has 0 bridgehead atoms. The lowest BCUT2D eigenvalue weighted by atomic mass is 10.2. The first kappa shape index (κ1) is 14.7. The smallest absolute Gasteiger partial charge is 0.334 e. The van der Waals surface area contributed by atoms with Crippen LogP contribution in [0.2, 0.25) is 0 Å². The van der Waals surface area contributed by atoms with Gasteiger partial charge in [0.05, 0.1) is 11.5 Å². The second-order valence-electron chi connectivity index (χ2n) is 4.91. The predicted molar refractivity (Wildman–Crippen MR) is 75.0 cm³/mol. The summed E-state index contributed by atoms with van der Waals surface area (Å²) in [5.74, 6) is 0.593. The molecule has 1 aliphatic rings. The summed E-state index contributed by atoms with van der Waals surface area (Å²) in [6.45, 7) is 5.69. The van der Waals surface area contributed by atoms with Crippen molar-refractivity contribution in [1.82, 2.24) is 14.7 Å². The molecule has 1 aromatic heterocycles. The Bertz CT molecular complexity index is 480. The number of piperazine rings is 1. The van der Waals surface area contributed by atoms with E-state index in [1.165, 1.54) is 0 Å². The molecule has 2 heterocycles. The quantitative estimate of drug-likeness (QED) is 0.605. The van der Waals surface area contributed by atoms with E-state index >= 15 is 0 Å². The second kappa shape index (κ2) is 6.19. The third kappa shape index (κ3) is 2.75. The fourth-order valence-electron chi connectivity index (χ4n) is 2.66. The van der Waals surface area contributed by atoms with Crippen molar-refractivity contribution in [2.24, 2.45) is 7.05 Å². The molecule has 8 heteroatoms. The van der Waals surface area contributed by atoms with Gasteiger partial charge in [0.2, 0.25) is 5.82 Å². The Labute approximate surface area is 117 Å². The van der Waals surface area contributed by atoms with Crippen LogP contribution in [0.4, 0.5) is 11.5 Å². The van der Waals surface area contributed by atoms with E-state index < -0.39 is 0 Å². The lowest BCUT2D eigenvalue weighted by Gasteiger charge is -2.34. The van der Waals surface area contributed by atoms with Crippen molar-refractivity contribution in [2.75, 3.05) is 44.2 Å². The molecule has 0 saturated carbocycles. The van der Waals surface area contributed by atoms with Gasteiger partial charge in [-0.2, -0.15) is 5.10 Å². The molecule has 1 N–H and O–H groups in total. The molecule has 0 aromatic carbocycles. The summed E-state index contributed by atoms with van der Waals surface area (Å²) in [7, 11) is 1.75. The summed E-state index contributed by atoms with van der Waals surface area (Å²) in [4.78, 5) is 15.1. The number of anilines is 1. The lowest BCUT2D eigenvalue weighted by Crippen LogP contribution is -2.47. The topological polar surface area (TPSA) is 87.7 Å². The maximum Gasteiger partial charge on any atom is 0.334 e. The zero-order valence-electron chi connectivity index (χ0n) is 11.9. The Balaban J connectivity index is 2.21. The van der Waals surface area contributed by atoms with Crippen LogP contribution in [0.25, 0.3) is 0 Å². The molecule has 1 saturated heterocycles. The van der Waals surface area contributed by atoms with Gasteiger partial charge < -0.3 is 10.0 Å². The van der Waals surface area contributed by atoms with E-state index in [1.54, 1.807) is 11.7 Å². The first-order chi connectivity index (χ1) is 9.58. The van der Waals surface area contributed by atoms with Gasteiger partial charge in [-0.25, -0.2) is 4.68 Å². The SMILES string of the molecule is CCc1nn(C)c(N2CCN(CCO)CC2)c1[N+](=O)[O-]. The van der Waals surface area contributed by atoms with Crippen LogP contribution in [-0.2, 0) is 13.5 Å². The number of aliphatic hydroxyl groups is 1. The fraction of sp³-hybridized carbons (Fsp3) is 0.750. The average molecular weight is 283 g/mol. The van der Waals surface area contributed by atoms with Crippen LogP contribution in [0.1, 0.15) is 12.6 Å². The Morgan fingerprint density at radius 2 is 2.00 bits per heavy atom. The van der Waals surface area contributed by atoms with E-state index in [2.05, 4.69) is 10.00 Å². The molecule has 0 aliphatic carbocycles. The molecule has 0 unspecified atom stereocenters. The number of aryl methyl sites for hydroxylation is 2. The van der Waals surface area contributed by atoms with Crippen molar-refractivity contribution >= 4 is 11.5 Å². The van der Waals surface area contributed by atoms with Crippen LogP contribution in [0.5, 0.6) is 0 Å². The van der Waals surface area contributed by atoms with Crippen molar-refractivity contribution in [3.8, 4) is 0 Å². The number of aromatic nitrogens is 2. The summed E-state index contributed by atoms with van der Waals surface area (Å²) >= 11 is 0. The van der Waals surface area contributed by atoms with E-state index in [-0.39, 0.29) is 17.2 Å². The fourth-order valence-corrected chi connectivity index (χ4v) is 2.66. The van der Waals surface area contributed by atoms with Crippen LogP contribution in [0, 0.1) is 10.1 Å². The maximum atomic E-state index is 11.3. The van der Waals surface area contributed by atoms with Gasteiger partial charge in [0.1, 0.15) is 5.69 Å².